The highest BCUT2D eigenvalue weighted by Gasteiger charge is 2.28. The summed E-state index contributed by atoms with van der Waals surface area (Å²) >= 11 is 7.57. The van der Waals surface area contributed by atoms with E-state index in [4.69, 9.17) is 21.1 Å². The first kappa shape index (κ1) is 22.6. The number of anilines is 1. The van der Waals surface area contributed by atoms with Crippen molar-refractivity contribution >= 4 is 40.9 Å². The summed E-state index contributed by atoms with van der Waals surface area (Å²) in [4.78, 5) is 27.9. The highest BCUT2D eigenvalue weighted by molar-refractivity contribution is 8.00. The first-order valence-electron chi connectivity index (χ1n) is 10.7. The van der Waals surface area contributed by atoms with E-state index in [0.717, 1.165) is 4.90 Å². The summed E-state index contributed by atoms with van der Waals surface area (Å²) in [5.41, 5.74) is 1.18. The third kappa shape index (κ3) is 4.56. The van der Waals surface area contributed by atoms with Gasteiger partial charge in [-0.2, -0.15) is 0 Å². The standard InChI is InChI=1S/C25H20ClFN2O4S/c26-18-4-3-5-19(27)17(18)12-29-20-10-15(8-9-23(20)34-14-24(29)30)25(31)28-11-16-13-32-21-6-1-2-7-22(21)33-16/h1-10,16H,11-14H2,(H,28,31)/t16-/m1/s1. The van der Waals surface area contributed by atoms with Gasteiger partial charge < -0.3 is 19.7 Å². The Hall–Kier alpha value is -3.23. The van der Waals surface area contributed by atoms with Crippen LogP contribution in [0.25, 0.3) is 0 Å². The number of hydrogen-bond acceptors (Lipinski definition) is 5. The van der Waals surface area contributed by atoms with Gasteiger partial charge in [-0.3, -0.25) is 9.59 Å². The van der Waals surface area contributed by atoms with Crippen LogP contribution in [0.1, 0.15) is 15.9 Å². The lowest BCUT2D eigenvalue weighted by Gasteiger charge is -2.30. The van der Waals surface area contributed by atoms with Crippen LogP contribution in [0.5, 0.6) is 11.5 Å². The van der Waals surface area contributed by atoms with E-state index in [1.807, 2.05) is 24.3 Å². The van der Waals surface area contributed by atoms with Gasteiger partial charge >= 0.3 is 0 Å². The van der Waals surface area contributed by atoms with Gasteiger partial charge in [-0.05, 0) is 42.5 Å². The molecule has 0 saturated heterocycles. The van der Waals surface area contributed by atoms with Crippen LogP contribution >= 0.6 is 23.4 Å². The summed E-state index contributed by atoms with van der Waals surface area (Å²) in [6, 6.07) is 16.9. The van der Waals surface area contributed by atoms with E-state index in [0.29, 0.717) is 29.4 Å². The van der Waals surface area contributed by atoms with Crippen LogP contribution in [0.15, 0.2) is 65.6 Å². The van der Waals surface area contributed by atoms with Gasteiger partial charge in [0.15, 0.2) is 11.5 Å². The molecule has 0 aromatic heterocycles. The Morgan fingerprint density at radius 2 is 1.97 bits per heavy atom. The van der Waals surface area contributed by atoms with Gasteiger partial charge in [-0.1, -0.05) is 29.8 Å². The summed E-state index contributed by atoms with van der Waals surface area (Å²) in [5, 5.41) is 3.11. The van der Waals surface area contributed by atoms with Gasteiger partial charge in [-0.25, -0.2) is 4.39 Å². The zero-order valence-electron chi connectivity index (χ0n) is 17.9. The second kappa shape index (κ2) is 9.56. The summed E-state index contributed by atoms with van der Waals surface area (Å²) in [7, 11) is 0. The number of amides is 2. The molecule has 0 radical (unpaired) electrons. The van der Waals surface area contributed by atoms with Crippen molar-refractivity contribution in [3.05, 3.63) is 82.6 Å². The van der Waals surface area contributed by atoms with Crippen molar-refractivity contribution in [2.24, 2.45) is 0 Å². The van der Waals surface area contributed by atoms with Crippen molar-refractivity contribution in [3.8, 4) is 11.5 Å². The molecule has 2 heterocycles. The van der Waals surface area contributed by atoms with E-state index < -0.39 is 5.82 Å². The van der Waals surface area contributed by atoms with E-state index in [2.05, 4.69) is 5.32 Å². The van der Waals surface area contributed by atoms with E-state index in [9.17, 15) is 14.0 Å². The second-order valence-corrected chi connectivity index (χ2v) is 9.28. The van der Waals surface area contributed by atoms with Crippen molar-refractivity contribution in [2.75, 3.05) is 23.8 Å². The van der Waals surface area contributed by atoms with E-state index in [1.54, 1.807) is 24.3 Å². The maximum Gasteiger partial charge on any atom is 0.251 e. The fraction of sp³-hybridized carbons (Fsp3) is 0.200. The molecule has 174 valence electrons. The minimum Gasteiger partial charge on any atom is -0.486 e. The number of carbonyl (C=O) groups is 2. The molecule has 0 aliphatic carbocycles. The predicted octanol–water partition coefficient (Wildman–Crippen LogP) is 4.69. The molecule has 3 aromatic carbocycles. The van der Waals surface area contributed by atoms with Crippen molar-refractivity contribution in [1.29, 1.82) is 0 Å². The smallest absolute Gasteiger partial charge is 0.251 e. The molecule has 0 saturated carbocycles. The lowest BCUT2D eigenvalue weighted by atomic mass is 10.1. The van der Waals surface area contributed by atoms with Crippen molar-refractivity contribution in [2.45, 2.75) is 17.5 Å². The Morgan fingerprint density at radius 1 is 1.15 bits per heavy atom. The van der Waals surface area contributed by atoms with Crippen LogP contribution in [0.3, 0.4) is 0 Å². The fourth-order valence-electron chi connectivity index (χ4n) is 3.83. The molecule has 1 atom stereocenters. The van der Waals surface area contributed by atoms with Gasteiger partial charge in [0.25, 0.3) is 5.91 Å². The first-order chi connectivity index (χ1) is 16.5. The average Bonchev–Trinajstić information content (AvgIpc) is 2.85. The molecule has 34 heavy (non-hydrogen) atoms. The molecule has 2 amide bonds. The van der Waals surface area contributed by atoms with Gasteiger partial charge in [0.2, 0.25) is 5.91 Å². The summed E-state index contributed by atoms with van der Waals surface area (Å²) in [5.74, 6) is 0.574. The average molecular weight is 499 g/mol. The molecule has 5 rings (SSSR count). The molecule has 2 aliphatic heterocycles. The van der Waals surface area contributed by atoms with Crippen LogP contribution in [0, 0.1) is 5.82 Å². The quantitative estimate of drug-likeness (QED) is 0.553. The first-order valence-corrected chi connectivity index (χ1v) is 12.0. The predicted molar refractivity (Wildman–Crippen MR) is 128 cm³/mol. The van der Waals surface area contributed by atoms with Crippen LogP contribution in [0.2, 0.25) is 5.02 Å². The zero-order valence-corrected chi connectivity index (χ0v) is 19.5. The maximum absolute atomic E-state index is 14.4. The topological polar surface area (TPSA) is 67.9 Å². The summed E-state index contributed by atoms with van der Waals surface area (Å²) in [6.07, 6.45) is -0.326. The maximum atomic E-state index is 14.4. The number of thioether (sulfide) groups is 1. The second-order valence-electron chi connectivity index (χ2n) is 7.86. The molecule has 0 fully saturated rings. The minimum absolute atomic E-state index is 0.0182. The molecule has 0 unspecified atom stereocenters. The van der Waals surface area contributed by atoms with Crippen LogP contribution in [-0.4, -0.2) is 36.8 Å². The zero-order chi connectivity index (χ0) is 23.7. The molecule has 3 aromatic rings. The normalized spacial score (nSPS) is 16.7. The number of para-hydroxylation sites is 2. The number of fused-ring (bicyclic) bond motifs is 2. The Balaban J connectivity index is 1.31. The van der Waals surface area contributed by atoms with Gasteiger partial charge in [0.1, 0.15) is 18.5 Å². The Bertz CT molecular complexity index is 1250. The van der Waals surface area contributed by atoms with E-state index >= 15 is 0 Å². The Labute approximate surface area is 205 Å². The molecule has 1 N–H and O–H groups in total. The number of ether oxygens (including phenoxy) is 2. The van der Waals surface area contributed by atoms with Crippen molar-refractivity contribution in [1.82, 2.24) is 5.32 Å². The van der Waals surface area contributed by atoms with E-state index in [-0.39, 0.29) is 47.3 Å². The van der Waals surface area contributed by atoms with Crippen molar-refractivity contribution in [3.63, 3.8) is 0 Å². The lowest BCUT2D eigenvalue weighted by molar-refractivity contribution is -0.116. The Kier molecular flexibility index (Phi) is 6.34. The highest BCUT2D eigenvalue weighted by Crippen LogP contribution is 2.38. The number of halogens is 2. The molecule has 0 spiro atoms. The molecule has 6 nitrogen and oxygen atoms in total. The largest absolute Gasteiger partial charge is 0.486 e. The highest BCUT2D eigenvalue weighted by atomic mass is 35.5. The van der Waals surface area contributed by atoms with Crippen LogP contribution in [-0.2, 0) is 11.3 Å². The number of carbonyl (C=O) groups excluding carboxylic acids is 2. The van der Waals surface area contributed by atoms with Gasteiger partial charge in [0.05, 0.1) is 24.5 Å². The summed E-state index contributed by atoms with van der Waals surface area (Å²) < 4.78 is 25.9. The number of nitrogens with zero attached hydrogens (tertiary/aromatic N) is 1. The third-order valence-corrected chi connectivity index (χ3v) is 7.00. The molecular weight excluding hydrogens is 479 g/mol. The van der Waals surface area contributed by atoms with Crippen LogP contribution in [0.4, 0.5) is 10.1 Å². The number of benzene rings is 3. The Morgan fingerprint density at radius 3 is 2.79 bits per heavy atom. The number of rotatable bonds is 5. The molecular formula is C25H20ClFN2O4S. The van der Waals surface area contributed by atoms with Gasteiger partial charge in [0, 0.05) is 21.0 Å². The van der Waals surface area contributed by atoms with Crippen LogP contribution < -0.4 is 19.7 Å². The molecule has 0 bridgehead atoms. The SMILES string of the molecule is O=C(NC[C@@H]1COc2ccccc2O1)c1ccc2c(c1)N(Cc1c(F)cccc1Cl)C(=O)CS2. The number of hydrogen-bond donors (Lipinski definition) is 1. The fourth-order valence-corrected chi connectivity index (χ4v) is 4.97. The minimum atomic E-state index is -0.481. The molecule has 2 aliphatic rings. The lowest BCUT2D eigenvalue weighted by Crippen LogP contribution is -2.41. The number of nitrogens with one attached hydrogen (secondary N) is 1. The third-order valence-electron chi connectivity index (χ3n) is 5.60. The van der Waals surface area contributed by atoms with Crippen molar-refractivity contribution < 1.29 is 23.5 Å². The summed E-state index contributed by atoms with van der Waals surface area (Å²) in [6.45, 7) is 0.561. The van der Waals surface area contributed by atoms with Gasteiger partial charge in [-0.15, -0.1) is 11.8 Å². The monoisotopic (exact) mass is 498 g/mol. The van der Waals surface area contributed by atoms with E-state index in [1.165, 1.54) is 28.8 Å². The molecule has 9 heteroatoms.